The molecule has 0 radical (unpaired) electrons. The average molecular weight is 485 g/mol. The molecular formula is C24H32F4N4O2. The van der Waals surface area contributed by atoms with Crippen LogP contribution >= 0.6 is 0 Å². The minimum atomic E-state index is -4.21. The van der Waals surface area contributed by atoms with Crippen LogP contribution in [-0.4, -0.2) is 50.5 Å². The van der Waals surface area contributed by atoms with E-state index in [4.69, 9.17) is 4.74 Å². The molecule has 188 valence electrons. The Morgan fingerprint density at radius 3 is 2.38 bits per heavy atom. The van der Waals surface area contributed by atoms with E-state index >= 15 is 4.39 Å². The maximum Gasteiger partial charge on any atom is 0.410 e. The molecule has 4 rings (SSSR count). The first-order valence-corrected chi connectivity index (χ1v) is 11.9. The van der Waals surface area contributed by atoms with E-state index in [0.717, 1.165) is 18.5 Å². The van der Waals surface area contributed by atoms with Gasteiger partial charge in [-0.1, -0.05) is 0 Å². The summed E-state index contributed by atoms with van der Waals surface area (Å²) in [6, 6.07) is 1.85. The summed E-state index contributed by atoms with van der Waals surface area (Å²) >= 11 is 0. The second-order valence-electron chi connectivity index (χ2n) is 10.6. The Morgan fingerprint density at radius 1 is 1.09 bits per heavy atom. The summed E-state index contributed by atoms with van der Waals surface area (Å²) in [6.07, 6.45) is -2.58. The van der Waals surface area contributed by atoms with Crippen molar-refractivity contribution >= 4 is 11.7 Å². The predicted molar refractivity (Wildman–Crippen MR) is 118 cm³/mol. The van der Waals surface area contributed by atoms with Crippen LogP contribution in [-0.2, 0) is 4.74 Å². The van der Waals surface area contributed by atoms with Gasteiger partial charge in [-0.2, -0.15) is 18.3 Å². The maximum absolute atomic E-state index is 15.4. The molecule has 0 unspecified atom stereocenters. The Bertz CT molecular complexity index is 1050. The molecule has 2 aliphatic rings. The highest BCUT2D eigenvalue weighted by Crippen LogP contribution is 2.43. The van der Waals surface area contributed by atoms with Gasteiger partial charge >= 0.3 is 12.3 Å². The summed E-state index contributed by atoms with van der Waals surface area (Å²) in [4.78, 5) is 18.6. The molecule has 1 saturated heterocycles. The van der Waals surface area contributed by atoms with E-state index in [2.05, 4.69) is 10.1 Å². The van der Waals surface area contributed by atoms with Gasteiger partial charge in [0, 0.05) is 30.6 Å². The van der Waals surface area contributed by atoms with Crippen LogP contribution in [0.25, 0.3) is 5.65 Å². The third-order valence-electron chi connectivity index (χ3n) is 6.78. The van der Waals surface area contributed by atoms with Gasteiger partial charge in [0.15, 0.2) is 11.5 Å². The lowest BCUT2D eigenvalue weighted by molar-refractivity contribution is -0.182. The van der Waals surface area contributed by atoms with Crippen molar-refractivity contribution < 1.29 is 27.1 Å². The number of aromatic nitrogens is 3. The van der Waals surface area contributed by atoms with Crippen LogP contribution in [0.2, 0.25) is 0 Å². The number of ether oxygens (including phenoxy) is 1. The molecule has 0 N–H and O–H groups in total. The lowest BCUT2D eigenvalue weighted by Crippen LogP contribution is -2.42. The molecule has 3 heterocycles. The number of alkyl halides is 3. The first kappa shape index (κ1) is 24.7. The van der Waals surface area contributed by atoms with Crippen LogP contribution in [0.1, 0.15) is 88.2 Å². The fraction of sp³-hybridized carbons (Fsp3) is 0.708. The Kier molecular flexibility index (Phi) is 6.54. The van der Waals surface area contributed by atoms with Gasteiger partial charge in [-0.25, -0.2) is 18.7 Å². The molecule has 2 aromatic heterocycles. The molecule has 1 aliphatic heterocycles. The molecule has 0 spiro atoms. The number of hydrogen-bond acceptors (Lipinski definition) is 4. The SMILES string of the molecule is Cc1cc([C@@H]2CCCN(C(=O)OC(C)(C)C)C2)n2nc([C@H]3CC[C@H](C(F)(F)F)CC3)c(F)c2n1. The predicted octanol–water partition coefficient (Wildman–Crippen LogP) is 6.13. The van der Waals surface area contributed by atoms with Crippen LogP contribution in [0.5, 0.6) is 0 Å². The van der Waals surface area contributed by atoms with Gasteiger partial charge in [-0.05, 0) is 72.3 Å². The molecule has 2 aromatic rings. The summed E-state index contributed by atoms with van der Waals surface area (Å²) in [5.41, 5.74) is 1.07. The van der Waals surface area contributed by atoms with Crippen LogP contribution in [0.15, 0.2) is 6.07 Å². The highest BCUT2D eigenvalue weighted by atomic mass is 19.4. The zero-order chi connectivity index (χ0) is 24.8. The fourth-order valence-electron chi connectivity index (χ4n) is 5.11. The van der Waals surface area contributed by atoms with E-state index in [0.29, 0.717) is 18.8 Å². The summed E-state index contributed by atoms with van der Waals surface area (Å²) in [7, 11) is 0. The van der Waals surface area contributed by atoms with Gasteiger partial charge in [-0.15, -0.1) is 0 Å². The van der Waals surface area contributed by atoms with E-state index in [1.165, 1.54) is 4.52 Å². The summed E-state index contributed by atoms with van der Waals surface area (Å²) < 4.78 is 61.6. The van der Waals surface area contributed by atoms with Crippen molar-refractivity contribution in [2.24, 2.45) is 5.92 Å². The molecular weight excluding hydrogens is 452 g/mol. The molecule has 0 bridgehead atoms. The molecule has 34 heavy (non-hydrogen) atoms. The number of piperidine rings is 1. The number of amides is 1. The first-order valence-electron chi connectivity index (χ1n) is 11.9. The number of fused-ring (bicyclic) bond motifs is 1. The molecule has 1 atom stereocenters. The smallest absolute Gasteiger partial charge is 0.410 e. The number of rotatable bonds is 2. The van der Waals surface area contributed by atoms with Crippen molar-refractivity contribution in [3.63, 3.8) is 0 Å². The molecule has 1 amide bonds. The number of halogens is 4. The van der Waals surface area contributed by atoms with Gasteiger partial charge in [0.2, 0.25) is 0 Å². The average Bonchev–Trinajstić information content (AvgIpc) is 3.08. The van der Waals surface area contributed by atoms with Gasteiger partial charge in [0.25, 0.3) is 0 Å². The van der Waals surface area contributed by atoms with Gasteiger partial charge < -0.3 is 9.64 Å². The van der Waals surface area contributed by atoms with E-state index in [1.807, 2.05) is 26.8 Å². The van der Waals surface area contributed by atoms with Crippen molar-refractivity contribution in [3.8, 4) is 0 Å². The van der Waals surface area contributed by atoms with Crippen molar-refractivity contribution in [1.82, 2.24) is 19.5 Å². The zero-order valence-electron chi connectivity index (χ0n) is 20.1. The lowest BCUT2D eigenvalue weighted by atomic mass is 9.80. The van der Waals surface area contributed by atoms with Crippen LogP contribution in [0, 0.1) is 18.7 Å². The van der Waals surface area contributed by atoms with Crippen molar-refractivity contribution in [3.05, 3.63) is 29.0 Å². The normalized spacial score (nSPS) is 24.5. The lowest BCUT2D eigenvalue weighted by Gasteiger charge is -2.34. The van der Waals surface area contributed by atoms with Crippen LogP contribution in [0.3, 0.4) is 0 Å². The van der Waals surface area contributed by atoms with Crippen LogP contribution in [0.4, 0.5) is 22.4 Å². The fourth-order valence-corrected chi connectivity index (χ4v) is 5.11. The number of likely N-dealkylation sites (tertiary alicyclic amines) is 1. The quantitative estimate of drug-likeness (QED) is 0.482. The number of carbonyl (C=O) groups is 1. The van der Waals surface area contributed by atoms with Crippen molar-refractivity contribution in [1.29, 1.82) is 0 Å². The van der Waals surface area contributed by atoms with Crippen molar-refractivity contribution in [2.45, 2.75) is 89.8 Å². The number of nitrogens with zero attached hydrogens (tertiary/aromatic N) is 4. The second kappa shape index (κ2) is 9.00. The van der Waals surface area contributed by atoms with Gasteiger partial charge in [0.05, 0.1) is 11.6 Å². The highest BCUT2D eigenvalue weighted by Gasteiger charge is 2.42. The highest BCUT2D eigenvalue weighted by molar-refractivity contribution is 5.68. The first-order chi connectivity index (χ1) is 15.8. The molecule has 10 heteroatoms. The van der Waals surface area contributed by atoms with Gasteiger partial charge in [-0.3, -0.25) is 0 Å². The molecule has 2 fully saturated rings. The third kappa shape index (κ3) is 5.15. The minimum absolute atomic E-state index is 0.0196. The summed E-state index contributed by atoms with van der Waals surface area (Å²) in [5, 5.41) is 4.53. The zero-order valence-corrected chi connectivity index (χ0v) is 20.1. The molecule has 6 nitrogen and oxygen atoms in total. The van der Waals surface area contributed by atoms with E-state index in [1.54, 1.807) is 11.8 Å². The Balaban J connectivity index is 1.60. The largest absolute Gasteiger partial charge is 0.444 e. The Morgan fingerprint density at radius 2 is 1.76 bits per heavy atom. The maximum atomic E-state index is 15.4. The summed E-state index contributed by atoms with van der Waals surface area (Å²) in [6.45, 7) is 8.23. The third-order valence-corrected chi connectivity index (χ3v) is 6.78. The second-order valence-corrected chi connectivity index (χ2v) is 10.6. The molecule has 0 aromatic carbocycles. The number of carbonyl (C=O) groups excluding carboxylic acids is 1. The van der Waals surface area contributed by atoms with E-state index < -0.39 is 23.5 Å². The van der Waals surface area contributed by atoms with Crippen molar-refractivity contribution in [2.75, 3.05) is 13.1 Å². The van der Waals surface area contributed by atoms with E-state index in [9.17, 15) is 18.0 Å². The monoisotopic (exact) mass is 484 g/mol. The van der Waals surface area contributed by atoms with E-state index in [-0.39, 0.29) is 55.0 Å². The number of hydrogen-bond donors (Lipinski definition) is 0. The molecule has 1 saturated carbocycles. The van der Waals surface area contributed by atoms with Crippen LogP contribution < -0.4 is 0 Å². The minimum Gasteiger partial charge on any atom is -0.444 e. The standard InChI is InChI=1S/C24H32F4N4O2/c1-14-12-18(16-6-5-11-31(13-16)22(33)34-23(2,3)4)32-21(29-14)19(25)20(30-32)15-7-9-17(10-8-15)24(26,27)28/h12,15-17H,5-11,13H2,1-4H3/t15-,16-,17-/m1/s1. The summed E-state index contributed by atoms with van der Waals surface area (Å²) in [5.74, 6) is -2.34. The Labute approximate surface area is 196 Å². The number of aryl methyl sites for hydroxylation is 1. The van der Waals surface area contributed by atoms with Gasteiger partial charge in [0.1, 0.15) is 11.3 Å². The Hall–Kier alpha value is -2.39. The topological polar surface area (TPSA) is 59.7 Å². The molecule has 1 aliphatic carbocycles.